The molecule has 0 aliphatic carbocycles. The molecular formula is C9H13BrMgSi. The fourth-order valence-corrected chi connectivity index (χ4v) is 2.38. The van der Waals surface area contributed by atoms with Crippen molar-refractivity contribution in [2.45, 2.75) is 19.6 Å². The van der Waals surface area contributed by atoms with Gasteiger partial charge in [0, 0.05) is 27.5 Å². The van der Waals surface area contributed by atoms with E-state index in [9.17, 15) is 0 Å². The van der Waals surface area contributed by atoms with Crippen molar-refractivity contribution < 1.29 is 0 Å². The molecule has 0 saturated carbocycles. The summed E-state index contributed by atoms with van der Waals surface area (Å²) in [7, 11) is -1.08. The first-order valence-corrected chi connectivity index (χ1v) is 8.05. The monoisotopic (exact) mass is 252 g/mol. The summed E-state index contributed by atoms with van der Waals surface area (Å²) in [5.41, 5.74) is 0. The molecule has 1 aromatic carbocycles. The van der Waals surface area contributed by atoms with E-state index in [1.165, 1.54) is 9.66 Å². The SMILES string of the molecule is C[Si](C)(C)c1ccc(Br)cc1.[Mg]. The molecule has 1 rings (SSSR count). The summed E-state index contributed by atoms with van der Waals surface area (Å²) in [6.07, 6.45) is 0. The molecular weight excluding hydrogens is 240 g/mol. The molecule has 3 heteroatoms. The first-order chi connectivity index (χ1) is 5.00. The second-order valence-corrected chi connectivity index (χ2v) is 9.75. The summed E-state index contributed by atoms with van der Waals surface area (Å²) >= 11 is 3.43. The zero-order valence-corrected chi connectivity index (χ0v) is 11.9. The number of rotatable bonds is 1. The molecule has 0 aromatic heterocycles. The van der Waals surface area contributed by atoms with Crippen molar-refractivity contribution in [2.75, 3.05) is 0 Å². The minimum atomic E-state index is -1.08. The molecule has 0 bridgehead atoms. The predicted octanol–water partition coefficient (Wildman–Crippen LogP) is 2.61. The lowest BCUT2D eigenvalue weighted by Gasteiger charge is -2.15. The van der Waals surface area contributed by atoms with Crippen molar-refractivity contribution in [3.8, 4) is 0 Å². The van der Waals surface area contributed by atoms with E-state index in [0.717, 1.165) is 0 Å². The van der Waals surface area contributed by atoms with Crippen LogP contribution in [0.4, 0.5) is 0 Å². The zero-order valence-electron chi connectivity index (χ0n) is 7.89. The van der Waals surface area contributed by atoms with Crippen molar-refractivity contribution in [3.63, 3.8) is 0 Å². The van der Waals surface area contributed by atoms with Gasteiger partial charge >= 0.3 is 0 Å². The van der Waals surface area contributed by atoms with Crippen LogP contribution in [0.15, 0.2) is 28.7 Å². The fourth-order valence-electron chi connectivity index (χ4n) is 0.950. The van der Waals surface area contributed by atoms with Gasteiger partial charge in [-0.1, -0.05) is 52.9 Å². The standard InChI is InChI=1S/C9H13BrSi.Mg/c1-11(2,3)9-6-4-8(10)5-7-9;/h4-7H,1-3H3;. The second-order valence-electron chi connectivity index (χ2n) is 3.76. The average Bonchev–Trinajstić information content (AvgIpc) is 1.86. The molecule has 0 atom stereocenters. The highest BCUT2D eigenvalue weighted by Crippen LogP contribution is 2.08. The van der Waals surface area contributed by atoms with Crippen LogP contribution in [0.25, 0.3) is 0 Å². The molecule has 0 aliphatic heterocycles. The molecule has 0 amide bonds. The Kier molecular flexibility index (Phi) is 5.06. The van der Waals surface area contributed by atoms with Crippen LogP contribution in [0.2, 0.25) is 19.6 Å². The largest absolute Gasteiger partial charge is 0.0775 e. The van der Waals surface area contributed by atoms with Crippen LogP contribution in [0.1, 0.15) is 0 Å². The van der Waals surface area contributed by atoms with Gasteiger partial charge in [0.25, 0.3) is 0 Å². The Labute approximate surface area is 100 Å². The minimum Gasteiger partial charge on any atom is -0.0656 e. The van der Waals surface area contributed by atoms with Gasteiger partial charge in [-0.3, -0.25) is 0 Å². The predicted molar refractivity (Wildman–Crippen MR) is 62.9 cm³/mol. The summed E-state index contributed by atoms with van der Waals surface area (Å²) in [4.78, 5) is 0. The van der Waals surface area contributed by atoms with Gasteiger partial charge in [-0.15, -0.1) is 0 Å². The van der Waals surface area contributed by atoms with Crippen LogP contribution < -0.4 is 5.19 Å². The third kappa shape index (κ3) is 3.60. The van der Waals surface area contributed by atoms with E-state index in [0.29, 0.717) is 0 Å². The van der Waals surface area contributed by atoms with Crippen LogP contribution in [0, 0.1) is 0 Å². The second kappa shape index (κ2) is 4.79. The maximum absolute atomic E-state index is 3.43. The summed E-state index contributed by atoms with van der Waals surface area (Å²) in [6, 6.07) is 8.67. The first-order valence-electron chi connectivity index (χ1n) is 3.76. The van der Waals surface area contributed by atoms with Crippen molar-refractivity contribution in [1.82, 2.24) is 0 Å². The molecule has 12 heavy (non-hydrogen) atoms. The number of halogens is 1. The maximum Gasteiger partial charge on any atom is 0.0775 e. The van der Waals surface area contributed by atoms with Crippen LogP contribution >= 0.6 is 15.9 Å². The lowest BCUT2D eigenvalue weighted by molar-refractivity contribution is 1.64. The average molecular weight is 253 g/mol. The summed E-state index contributed by atoms with van der Waals surface area (Å²) in [5.74, 6) is 0. The molecule has 0 fully saturated rings. The molecule has 0 saturated heterocycles. The molecule has 1 aromatic rings. The fraction of sp³-hybridized carbons (Fsp3) is 0.333. The van der Waals surface area contributed by atoms with Gasteiger partial charge in [-0.2, -0.15) is 0 Å². The number of hydrogen-bond acceptors (Lipinski definition) is 0. The quantitative estimate of drug-likeness (QED) is 0.675. The topological polar surface area (TPSA) is 0 Å². The molecule has 2 radical (unpaired) electrons. The molecule has 0 spiro atoms. The lowest BCUT2D eigenvalue weighted by Crippen LogP contribution is -2.37. The van der Waals surface area contributed by atoms with E-state index in [-0.39, 0.29) is 23.1 Å². The lowest BCUT2D eigenvalue weighted by atomic mass is 10.4. The summed E-state index contributed by atoms with van der Waals surface area (Å²) < 4.78 is 1.17. The van der Waals surface area contributed by atoms with E-state index in [1.807, 2.05) is 0 Å². The Morgan fingerprint density at radius 3 is 1.75 bits per heavy atom. The van der Waals surface area contributed by atoms with Gasteiger partial charge in [0.2, 0.25) is 0 Å². The highest BCUT2D eigenvalue weighted by Gasteiger charge is 2.14. The minimum absolute atomic E-state index is 0. The van der Waals surface area contributed by atoms with Crippen LogP contribution in [0.3, 0.4) is 0 Å². The Balaban J connectivity index is 0.00000121. The van der Waals surface area contributed by atoms with Crippen molar-refractivity contribution >= 4 is 52.2 Å². The zero-order chi connectivity index (χ0) is 8.48. The Morgan fingerprint density at radius 1 is 1.00 bits per heavy atom. The van der Waals surface area contributed by atoms with Crippen molar-refractivity contribution in [1.29, 1.82) is 0 Å². The summed E-state index contributed by atoms with van der Waals surface area (Å²) in [6.45, 7) is 7.07. The molecule has 62 valence electrons. The molecule has 0 unspecified atom stereocenters. The van der Waals surface area contributed by atoms with Crippen LogP contribution in [-0.4, -0.2) is 31.1 Å². The Hall–Kier alpha value is 0.683. The number of benzene rings is 1. The first kappa shape index (κ1) is 12.7. The third-order valence-electron chi connectivity index (χ3n) is 1.71. The Bertz CT molecular complexity index is 238. The van der Waals surface area contributed by atoms with Gasteiger partial charge in [0.15, 0.2) is 0 Å². The van der Waals surface area contributed by atoms with Gasteiger partial charge < -0.3 is 0 Å². The van der Waals surface area contributed by atoms with E-state index >= 15 is 0 Å². The van der Waals surface area contributed by atoms with E-state index < -0.39 is 8.07 Å². The van der Waals surface area contributed by atoms with E-state index in [2.05, 4.69) is 59.8 Å². The third-order valence-corrected chi connectivity index (χ3v) is 4.30. The van der Waals surface area contributed by atoms with Crippen LogP contribution in [-0.2, 0) is 0 Å². The van der Waals surface area contributed by atoms with Crippen molar-refractivity contribution in [3.05, 3.63) is 28.7 Å². The summed E-state index contributed by atoms with van der Waals surface area (Å²) in [5, 5.41) is 1.51. The molecule has 0 aliphatic rings. The smallest absolute Gasteiger partial charge is 0.0656 e. The molecule has 0 nitrogen and oxygen atoms in total. The normalized spacial score (nSPS) is 10.7. The Morgan fingerprint density at radius 2 is 1.42 bits per heavy atom. The van der Waals surface area contributed by atoms with Gasteiger partial charge in [-0.25, -0.2) is 0 Å². The van der Waals surface area contributed by atoms with E-state index in [4.69, 9.17) is 0 Å². The highest BCUT2D eigenvalue weighted by molar-refractivity contribution is 9.10. The maximum atomic E-state index is 3.43. The van der Waals surface area contributed by atoms with Gasteiger partial charge in [0.05, 0.1) is 8.07 Å². The molecule has 0 N–H and O–H groups in total. The van der Waals surface area contributed by atoms with Gasteiger partial charge in [0.1, 0.15) is 0 Å². The van der Waals surface area contributed by atoms with E-state index in [1.54, 1.807) is 0 Å². The highest BCUT2D eigenvalue weighted by atomic mass is 79.9. The van der Waals surface area contributed by atoms with Crippen LogP contribution in [0.5, 0.6) is 0 Å². The number of hydrogen-bond donors (Lipinski definition) is 0. The van der Waals surface area contributed by atoms with Gasteiger partial charge in [-0.05, 0) is 12.1 Å². The van der Waals surface area contributed by atoms with Crippen molar-refractivity contribution in [2.24, 2.45) is 0 Å². The molecule has 0 heterocycles.